The van der Waals surface area contributed by atoms with E-state index in [0.717, 1.165) is 36.8 Å². The van der Waals surface area contributed by atoms with Crippen LogP contribution in [-0.4, -0.2) is 82.6 Å². The molecule has 0 spiro atoms. The molecule has 2 aromatic carbocycles. The van der Waals surface area contributed by atoms with Crippen molar-refractivity contribution in [3.63, 3.8) is 0 Å². The van der Waals surface area contributed by atoms with Gasteiger partial charge in [0.05, 0.1) is 24.6 Å². The summed E-state index contributed by atoms with van der Waals surface area (Å²) in [5, 5.41) is 39.1. The second-order valence-electron chi connectivity index (χ2n) is 10.2. The van der Waals surface area contributed by atoms with E-state index in [2.05, 4.69) is 0 Å². The monoisotopic (exact) mass is 528 g/mol. The van der Waals surface area contributed by atoms with Gasteiger partial charge in [-0.2, -0.15) is 0 Å². The van der Waals surface area contributed by atoms with E-state index < -0.39 is 11.2 Å². The fourth-order valence-electron chi connectivity index (χ4n) is 3.98. The van der Waals surface area contributed by atoms with E-state index in [1.807, 2.05) is 48.5 Å². The van der Waals surface area contributed by atoms with Crippen LogP contribution in [0.4, 0.5) is 0 Å². The Kier molecular flexibility index (Phi) is 12.9. The van der Waals surface area contributed by atoms with Crippen LogP contribution in [0.15, 0.2) is 58.5 Å². The van der Waals surface area contributed by atoms with Crippen LogP contribution in [0.5, 0.6) is 11.5 Å². The Labute approximate surface area is 226 Å². The van der Waals surface area contributed by atoms with Gasteiger partial charge in [-0.15, -0.1) is 0 Å². The largest absolute Gasteiger partial charge is 0.491 e. The molecule has 0 saturated heterocycles. The molecule has 4 N–H and O–H groups in total. The van der Waals surface area contributed by atoms with Gasteiger partial charge in [0.15, 0.2) is 0 Å². The van der Waals surface area contributed by atoms with E-state index in [-0.39, 0.29) is 26.4 Å². The summed E-state index contributed by atoms with van der Waals surface area (Å²) in [6.45, 7) is 8.56. The number of rotatable bonds is 17. The van der Waals surface area contributed by atoms with Crippen molar-refractivity contribution in [2.45, 2.75) is 64.6 Å². The fraction of sp³-hybridized carbons (Fsp3) is 0.533. The van der Waals surface area contributed by atoms with Crippen molar-refractivity contribution >= 4 is 11.4 Å². The molecule has 0 saturated carbocycles. The third-order valence-electron chi connectivity index (χ3n) is 5.74. The molecule has 0 fully saturated rings. The van der Waals surface area contributed by atoms with Crippen LogP contribution < -0.4 is 9.47 Å². The zero-order valence-corrected chi connectivity index (χ0v) is 23.2. The molecule has 0 radical (unpaired) electrons. The number of ether oxygens (including phenoxy) is 2. The molecule has 0 bridgehead atoms. The highest BCUT2D eigenvalue weighted by Gasteiger charge is 2.23. The minimum absolute atomic E-state index is 0.0402. The Morgan fingerprint density at radius 2 is 0.947 bits per heavy atom. The van der Waals surface area contributed by atoms with Crippen molar-refractivity contribution in [3.05, 3.63) is 59.7 Å². The van der Waals surface area contributed by atoms with Crippen molar-refractivity contribution in [2.24, 2.45) is 9.98 Å². The van der Waals surface area contributed by atoms with Gasteiger partial charge in [0.1, 0.15) is 35.9 Å². The van der Waals surface area contributed by atoms with Crippen molar-refractivity contribution in [1.29, 1.82) is 0 Å². The molecule has 0 unspecified atom stereocenters. The van der Waals surface area contributed by atoms with Gasteiger partial charge in [-0.3, -0.25) is 9.98 Å². The first kappa shape index (κ1) is 31.4. The quantitative estimate of drug-likeness (QED) is 0.183. The second-order valence-corrected chi connectivity index (χ2v) is 10.2. The lowest BCUT2D eigenvalue weighted by molar-refractivity contribution is 0.153. The molecule has 0 amide bonds. The number of unbranched alkanes of at least 4 members (excludes halogenated alkanes) is 3. The SMILES string of the molecule is CC(C)(O)C(=NCCCCCCN=C(c1ccc(OCCO)cc1)C(C)(C)O)c1ccc(OCCO)cc1. The van der Waals surface area contributed by atoms with Crippen LogP contribution in [0.25, 0.3) is 0 Å². The zero-order chi connectivity index (χ0) is 28.0. The van der Waals surface area contributed by atoms with Gasteiger partial charge in [-0.25, -0.2) is 0 Å². The Balaban J connectivity index is 1.87. The topological polar surface area (TPSA) is 124 Å². The average Bonchev–Trinajstić information content (AvgIpc) is 2.87. The predicted molar refractivity (Wildman–Crippen MR) is 152 cm³/mol. The Bertz CT molecular complexity index is 920. The van der Waals surface area contributed by atoms with Crippen LogP contribution >= 0.6 is 0 Å². The Morgan fingerprint density at radius 3 is 1.24 bits per heavy atom. The van der Waals surface area contributed by atoms with Crippen LogP contribution in [0.1, 0.15) is 64.5 Å². The van der Waals surface area contributed by atoms with Crippen LogP contribution in [0.2, 0.25) is 0 Å². The smallest absolute Gasteiger partial charge is 0.119 e. The van der Waals surface area contributed by atoms with Crippen molar-refractivity contribution in [1.82, 2.24) is 0 Å². The second kappa shape index (κ2) is 15.6. The number of nitrogens with zero attached hydrogens (tertiary/aromatic N) is 2. The van der Waals surface area contributed by atoms with E-state index in [1.54, 1.807) is 27.7 Å². The summed E-state index contributed by atoms with van der Waals surface area (Å²) in [4.78, 5) is 9.40. The van der Waals surface area contributed by atoms with Gasteiger partial charge < -0.3 is 29.9 Å². The molecule has 0 aliphatic heterocycles. The van der Waals surface area contributed by atoms with E-state index in [1.165, 1.54) is 0 Å². The highest BCUT2D eigenvalue weighted by Crippen LogP contribution is 2.20. The molecule has 0 atom stereocenters. The van der Waals surface area contributed by atoms with E-state index in [4.69, 9.17) is 29.7 Å². The predicted octanol–water partition coefficient (Wildman–Crippen LogP) is 3.81. The van der Waals surface area contributed by atoms with Crippen LogP contribution in [0.3, 0.4) is 0 Å². The van der Waals surface area contributed by atoms with E-state index in [9.17, 15) is 10.2 Å². The van der Waals surface area contributed by atoms with Gasteiger partial charge in [0.2, 0.25) is 0 Å². The van der Waals surface area contributed by atoms with E-state index in [0.29, 0.717) is 36.0 Å². The first-order valence-corrected chi connectivity index (χ1v) is 13.3. The molecule has 38 heavy (non-hydrogen) atoms. The third kappa shape index (κ3) is 10.9. The standard InChI is InChI=1S/C30H44N2O6/c1-29(2,35)27(23-9-13-25(14-10-23)37-21-19-33)31-17-7-5-6-8-18-32-28(30(3,4)36)24-11-15-26(16-12-24)38-22-20-34/h9-16,33-36H,5-8,17-22H2,1-4H3. The molecular formula is C30H44N2O6. The third-order valence-corrected chi connectivity index (χ3v) is 5.74. The fourth-order valence-corrected chi connectivity index (χ4v) is 3.98. The molecule has 2 aromatic rings. The molecule has 0 heterocycles. The molecule has 8 nitrogen and oxygen atoms in total. The summed E-state index contributed by atoms with van der Waals surface area (Å²) in [5.41, 5.74) is 0.819. The lowest BCUT2D eigenvalue weighted by Gasteiger charge is -2.21. The van der Waals surface area contributed by atoms with Gasteiger partial charge in [-0.05, 0) is 100 Å². The molecule has 0 aliphatic carbocycles. The van der Waals surface area contributed by atoms with Crippen molar-refractivity contribution < 1.29 is 29.9 Å². The first-order valence-electron chi connectivity index (χ1n) is 13.3. The highest BCUT2D eigenvalue weighted by molar-refractivity contribution is 6.06. The maximum Gasteiger partial charge on any atom is 0.119 e. The van der Waals surface area contributed by atoms with Crippen LogP contribution in [-0.2, 0) is 0 Å². The summed E-state index contributed by atoms with van der Waals surface area (Å²) < 4.78 is 10.8. The van der Waals surface area contributed by atoms with Gasteiger partial charge in [-0.1, -0.05) is 12.8 Å². The normalized spacial score (nSPS) is 13.1. The minimum atomic E-state index is -1.07. The van der Waals surface area contributed by atoms with Crippen molar-refractivity contribution in [3.8, 4) is 11.5 Å². The lowest BCUT2D eigenvalue weighted by atomic mass is 9.95. The molecule has 0 aliphatic rings. The zero-order valence-electron chi connectivity index (χ0n) is 23.2. The van der Waals surface area contributed by atoms with Gasteiger partial charge in [0.25, 0.3) is 0 Å². The van der Waals surface area contributed by atoms with E-state index >= 15 is 0 Å². The van der Waals surface area contributed by atoms with Crippen molar-refractivity contribution in [2.75, 3.05) is 39.5 Å². The molecule has 0 aromatic heterocycles. The molecular weight excluding hydrogens is 484 g/mol. The Morgan fingerprint density at radius 1 is 0.605 bits per heavy atom. The first-order chi connectivity index (χ1) is 18.1. The Hall–Kier alpha value is -2.78. The summed E-state index contributed by atoms with van der Waals surface area (Å²) in [6.07, 6.45) is 3.77. The summed E-state index contributed by atoms with van der Waals surface area (Å²) in [7, 11) is 0. The average molecular weight is 529 g/mol. The van der Waals surface area contributed by atoms with Crippen LogP contribution in [0, 0.1) is 0 Å². The number of hydrogen-bond acceptors (Lipinski definition) is 8. The number of aliphatic imine (C=N–C) groups is 2. The summed E-state index contributed by atoms with van der Waals surface area (Å²) >= 11 is 0. The minimum Gasteiger partial charge on any atom is -0.491 e. The summed E-state index contributed by atoms with van der Waals surface area (Å²) in [5.74, 6) is 1.33. The molecule has 8 heteroatoms. The lowest BCUT2D eigenvalue weighted by Crippen LogP contribution is -2.32. The highest BCUT2D eigenvalue weighted by atomic mass is 16.5. The number of aliphatic hydroxyl groups is 4. The molecule has 210 valence electrons. The number of benzene rings is 2. The van der Waals surface area contributed by atoms with Gasteiger partial charge in [0, 0.05) is 13.1 Å². The summed E-state index contributed by atoms with van der Waals surface area (Å²) in [6, 6.07) is 14.7. The maximum absolute atomic E-state index is 10.6. The molecule has 2 rings (SSSR count). The number of aliphatic hydroxyl groups excluding tert-OH is 2. The van der Waals surface area contributed by atoms with Gasteiger partial charge >= 0.3 is 0 Å². The number of hydrogen-bond donors (Lipinski definition) is 4. The maximum atomic E-state index is 10.6.